The molecule has 0 bridgehead atoms. The molecule has 0 rings (SSSR count). The summed E-state index contributed by atoms with van der Waals surface area (Å²) < 4.78 is 0. The zero-order valence-corrected chi connectivity index (χ0v) is 6.54. The Kier molecular flexibility index (Phi) is 6.15. The normalized spacial score (nSPS) is 7.14. The van der Waals surface area contributed by atoms with Crippen molar-refractivity contribution in [2.75, 3.05) is 0 Å². The van der Waals surface area contributed by atoms with Crippen molar-refractivity contribution in [1.82, 2.24) is 0 Å². The van der Waals surface area contributed by atoms with Crippen LogP contribution in [0.25, 0.3) is 0 Å². The third kappa shape index (κ3) is 6.08. The van der Waals surface area contributed by atoms with Gasteiger partial charge in [0.15, 0.2) is 0 Å². The molecule has 0 aliphatic heterocycles. The Hall–Kier alpha value is 0.0795. The van der Waals surface area contributed by atoms with Crippen molar-refractivity contribution >= 4 is 15.0 Å². The molecule has 0 amide bonds. The average Bonchev–Trinajstić information content (AvgIpc) is 1.69. The molecule has 0 heterocycles. The summed E-state index contributed by atoms with van der Waals surface area (Å²) >= 11 is 0.565. The molecule has 1 heteroatoms. The second-order valence-electron chi connectivity index (χ2n) is 1.23. The first-order chi connectivity index (χ1) is 3.41. The molecule has 0 aromatic rings. The molecule has 0 saturated heterocycles. The summed E-state index contributed by atoms with van der Waals surface area (Å²) in [4.78, 5) is 3.06. The Morgan fingerprint density at radius 1 is 1.57 bits per heavy atom. The van der Waals surface area contributed by atoms with Gasteiger partial charge in [-0.25, -0.2) is 0 Å². The van der Waals surface area contributed by atoms with Crippen molar-refractivity contribution in [2.24, 2.45) is 0 Å². The van der Waals surface area contributed by atoms with E-state index in [0.717, 1.165) is 6.42 Å². The topological polar surface area (TPSA) is 0 Å². The maximum absolute atomic E-state index is 3.06. The van der Waals surface area contributed by atoms with E-state index in [1.807, 2.05) is 0 Å². The van der Waals surface area contributed by atoms with Gasteiger partial charge in [0.2, 0.25) is 0 Å². The van der Waals surface area contributed by atoms with Crippen LogP contribution in [0.5, 0.6) is 0 Å². The third-order valence-corrected chi connectivity index (χ3v) is 1.28. The van der Waals surface area contributed by atoms with Gasteiger partial charge in [-0.15, -0.1) is 0 Å². The van der Waals surface area contributed by atoms with E-state index in [4.69, 9.17) is 0 Å². The van der Waals surface area contributed by atoms with Crippen molar-refractivity contribution in [1.29, 1.82) is 0 Å². The molecule has 0 aliphatic rings. The van der Waals surface area contributed by atoms with Crippen LogP contribution in [0.4, 0.5) is 0 Å². The third-order valence-electron chi connectivity index (χ3n) is 0.549. The molecular weight excluding hydrogens is 151 g/mol. The number of unbranched alkanes of at least 4 members (excludes halogenated alkanes) is 1. The SMILES string of the molecule is CCCC#C[Se]C. The maximum atomic E-state index is 3.06. The summed E-state index contributed by atoms with van der Waals surface area (Å²) in [7, 11) is 0. The van der Waals surface area contributed by atoms with Gasteiger partial charge in [0.05, 0.1) is 0 Å². The Bertz CT molecular complexity index is 75.9. The van der Waals surface area contributed by atoms with Crippen LogP contribution in [-0.4, -0.2) is 15.0 Å². The molecule has 0 aromatic carbocycles. The van der Waals surface area contributed by atoms with Crippen LogP contribution < -0.4 is 0 Å². The van der Waals surface area contributed by atoms with Gasteiger partial charge in [0.1, 0.15) is 0 Å². The fourth-order valence-electron chi connectivity index (χ4n) is 0.248. The van der Waals surface area contributed by atoms with E-state index in [9.17, 15) is 0 Å². The van der Waals surface area contributed by atoms with Gasteiger partial charge in [0.25, 0.3) is 0 Å². The van der Waals surface area contributed by atoms with Crippen LogP contribution in [0.1, 0.15) is 19.8 Å². The van der Waals surface area contributed by atoms with Crippen molar-refractivity contribution in [2.45, 2.75) is 25.6 Å². The molecule has 0 atom stereocenters. The summed E-state index contributed by atoms with van der Waals surface area (Å²) in [5.74, 6) is 5.20. The van der Waals surface area contributed by atoms with E-state index in [0.29, 0.717) is 15.0 Å². The molecule has 7 heavy (non-hydrogen) atoms. The number of hydrogen-bond acceptors (Lipinski definition) is 0. The van der Waals surface area contributed by atoms with Gasteiger partial charge in [-0.05, 0) is 0 Å². The summed E-state index contributed by atoms with van der Waals surface area (Å²) in [6.07, 6.45) is 2.28. The Labute approximate surface area is 51.8 Å². The van der Waals surface area contributed by atoms with Gasteiger partial charge < -0.3 is 0 Å². The van der Waals surface area contributed by atoms with Crippen molar-refractivity contribution < 1.29 is 0 Å². The van der Waals surface area contributed by atoms with Crippen LogP contribution in [0.15, 0.2) is 0 Å². The monoisotopic (exact) mass is 162 g/mol. The number of hydrogen-bond donors (Lipinski definition) is 0. The summed E-state index contributed by atoms with van der Waals surface area (Å²) in [6.45, 7) is 2.15. The van der Waals surface area contributed by atoms with E-state index < -0.39 is 0 Å². The Morgan fingerprint density at radius 2 is 2.29 bits per heavy atom. The minimum atomic E-state index is 0.565. The molecule has 0 radical (unpaired) electrons. The van der Waals surface area contributed by atoms with Gasteiger partial charge in [-0.3, -0.25) is 0 Å². The summed E-state index contributed by atoms with van der Waals surface area (Å²) in [6, 6.07) is 0. The van der Waals surface area contributed by atoms with Gasteiger partial charge in [0, 0.05) is 0 Å². The molecule has 0 unspecified atom stereocenters. The predicted octanol–water partition coefficient (Wildman–Crippen LogP) is 1.50. The second kappa shape index (κ2) is 6.08. The zero-order chi connectivity index (χ0) is 5.54. The molecule has 0 N–H and O–H groups in total. The van der Waals surface area contributed by atoms with Crippen LogP contribution in [0.2, 0.25) is 5.82 Å². The van der Waals surface area contributed by atoms with Gasteiger partial charge in [-0.2, -0.15) is 0 Å². The van der Waals surface area contributed by atoms with Crippen molar-refractivity contribution in [3.63, 3.8) is 0 Å². The van der Waals surface area contributed by atoms with Crippen molar-refractivity contribution in [3.8, 4) is 10.7 Å². The van der Waals surface area contributed by atoms with Crippen molar-refractivity contribution in [3.05, 3.63) is 0 Å². The van der Waals surface area contributed by atoms with E-state index in [1.165, 1.54) is 6.42 Å². The van der Waals surface area contributed by atoms with Gasteiger partial charge >= 0.3 is 51.3 Å². The quantitative estimate of drug-likeness (QED) is 0.404. The summed E-state index contributed by atoms with van der Waals surface area (Å²) in [5.41, 5.74) is 0. The Balaban J connectivity index is 2.91. The Morgan fingerprint density at radius 3 is 2.71 bits per heavy atom. The second-order valence-corrected chi connectivity index (χ2v) is 2.52. The van der Waals surface area contributed by atoms with E-state index in [-0.39, 0.29) is 0 Å². The molecule has 0 aliphatic carbocycles. The molecule has 0 aromatic heterocycles. The van der Waals surface area contributed by atoms with Gasteiger partial charge in [-0.1, -0.05) is 0 Å². The van der Waals surface area contributed by atoms with Crippen LogP contribution in [0, 0.1) is 10.7 Å². The molecule has 0 spiro atoms. The zero-order valence-electron chi connectivity index (χ0n) is 4.82. The fraction of sp³-hybridized carbons (Fsp3) is 0.667. The van der Waals surface area contributed by atoms with Crippen LogP contribution in [-0.2, 0) is 0 Å². The number of rotatable bonds is 1. The first-order valence-electron chi connectivity index (χ1n) is 2.42. The fourth-order valence-corrected chi connectivity index (χ4v) is 0.765. The van der Waals surface area contributed by atoms with Crippen LogP contribution >= 0.6 is 0 Å². The van der Waals surface area contributed by atoms with E-state index >= 15 is 0 Å². The molecular formula is C6H10Se. The molecule has 0 fully saturated rings. The minimum absolute atomic E-state index is 0.565. The average molecular weight is 161 g/mol. The van der Waals surface area contributed by atoms with Crippen LogP contribution in [0.3, 0.4) is 0 Å². The van der Waals surface area contributed by atoms with E-state index in [2.05, 4.69) is 23.5 Å². The molecule has 0 nitrogen and oxygen atoms in total. The first-order valence-corrected chi connectivity index (χ1v) is 4.99. The first kappa shape index (κ1) is 7.08. The predicted molar refractivity (Wildman–Crippen MR) is 34.3 cm³/mol. The molecule has 0 saturated carbocycles. The molecule has 40 valence electrons. The summed E-state index contributed by atoms with van der Waals surface area (Å²) in [5, 5.41) is 0. The standard InChI is InChI=1S/C6H10Se/c1-3-4-5-6-7-2/h3-4H2,1-2H3. The van der Waals surface area contributed by atoms with E-state index in [1.54, 1.807) is 0 Å².